The van der Waals surface area contributed by atoms with Crippen molar-refractivity contribution in [3.63, 3.8) is 0 Å². The number of alkyl halides is 6. The Morgan fingerprint density at radius 3 is 1.28 bits per heavy atom. The fourth-order valence-electron chi connectivity index (χ4n) is 2.52. The molecule has 0 aliphatic carbocycles. The van der Waals surface area contributed by atoms with Crippen LogP contribution in [0.5, 0.6) is 11.5 Å². The van der Waals surface area contributed by atoms with Crippen molar-refractivity contribution in [2.24, 2.45) is 0 Å². The van der Waals surface area contributed by atoms with Crippen LogP contribution in [0.15, 0.2) is 60.9 Å². The summed E-state index contributed by atoms with van der Waals surface area (Å²) in [6.45, 7) is 0. The Balaban J connectivity index is 1.88. The van der Waals surface area contributed by atoms with E-state index in [2.05, 4.69) is 14.5 Å². The van der Waals surface area contributed by atoms with Gasteiger partial charge in [-0.1, -0.05) is 24.3 Å². The molecule has 0 aliphatic heterocycles. The lowest BCUT2D eigenvalue weighted by molar-refractivity contribution is -0.275. The Labute approximate surface area is 174 Å². The summed E-state index contributed by atoms with van der Waals surface area (Å²) in [5.74, 6) is -0.693. The molecule has 3 rings (SSSR count). The molecule has 0 spiro atoms. The summed E-state index contributed by atoms with van der Waals surface area (Å²) in [5.41, 5.74) is 2.51. The second-order valence-electron chi connectivity index (χ2n) is 5.69. The van der Waals surface area contributed by atoms with E-state index < -0.39 is 12.7 Å². The lowest BCUT2D eigenvalue weighted by Gasteiger charge is -2.13. The molecule has 0 saturated carbocycles. The predicted molar refractivity (Wildman–Crippen MR) is 101 cm³/mol. The van der Waals surface area contributed by atoms with Gasteiger partial charge >= 0.3 is 12.7 Å². The molecule has 2 aromatic carbocycles. The van der Waals surface area contributed by atoms with Crippen molar-refractivity contribution in [3.8, 4) is 33.8 Å². The summed E-state index contributed by atoms with van der Waals surface area (Å²) in [6.07, 6.45) is -6.46. The third kappa shape index (κ3) is 5.75. The van der Waals surface area contributed by atoms with E-state index in [4.69, 9.17) is 0 Å². The Hall–Kier alpha value is -2.50. The van der Waals surface area contributed by atoms with E-state index in [1.54, 1.807) is 12.4 Å². The van der Waals surface area contributed by atoms with Gasteiger partial charge in [0, 0.05) is 27.1 Å². The fraction of sp³-hybridized carbons (Fsp3) is 0.105. The molecule has 10 heteroatoms. The van der Waals surface area contributed by atoms with Gasteiger partial charge in [0.25, 0.3) is 0 Å². The second-order valence-corrected chi connectivity index (χ2v) is 6.77. The average molecular weight is 525 g/mol. The molecule has 0 atom stereocenters. The summed E-state index contributed by atoms with van der Waals surface area (Å²) < 4.78 is 82.1. The lowest BCUT2D eigenvalue weighted by atomic mass is 10.0. The predicted octanol–water partition coefficient (Wildman–Crippen LogP) is 6.82. The number of hydrogen-bond donors (Lipinski definition) is 0. The number of rotatable bonds is 4. The van der Waals surface area contributed by atoms with Gasteiger partial charge in [-0.25, -0.2) is 0 Å². The van der Waals surface area contributed by atoms with Gasteiger partial charge in [-0.15, -0.1) is 26.3 Å². The summed E-state index contributed by atoms with van der Waals surface area (Å²) in [6, 6.07) is 10.6. The zero-order valence-electron chi connectivity index (χ0n) is 14.2. The maximum atomic E-state index is 12.3. The first-order valence-electron chi connectivity index (χ1n) is 7.88. The molecule has 0 fully saturated rings. The Morgan fingerprint density at radius 1 is 0.621 bits per heavy atom. The second kappa shape index (κ2) is 8.09. The Kier molecular flexibility index (Phi) is 5.92. The molecule has 0 radical (unpaired) electrons. The highest BCUT2D eigenvalue weighted by atomic mass is 127. The van der Waals surface area contributed by atoms with Gasteiger partial charge in [0.1, 0.15) is 11.5 Å². The average Bonchev–Trinajstić information content (AvgIpc) is 2.61. The van der Waals surface area contributed by atoms with E-state index in [0.717, 1.165) is 3.57 Å². The molecule has 29 heavy (non-hydrogen) atoms. The van der Waals surface area contributed by atoms with Crippen LogP contribution in [0.3, 0.4) is 0 Å². The Morgan fingerprint density at radius 2 is 0.966 bits per heavy atom. The number of halogens is 7. The molecule has 3 nitrogen and oxygen atoms in total. The van der Waals surface area contributed by atoms with E-state index in [-0.39, 0.29) is 11.5 Å². The van der Waals surface area contributed by atoms with Crippen molar-refractivity contribution < 1.29 is 35.8 Å². The molecule has 0 amide bonds. The lowest BCUT2D eigenvalue weighted by Crippen LogP contribution is -2.16. The molecule has 1 heterocycles. The summed E-state index contributed by atoms with van der Waals surface area (Å²) in [4.78, 5) is 4.13. The zero-order chi connectivity index (χ0) is 21.2. The maximum Gasteiger partial charge on any atom is 0.573 e. The minimum atomic E-state index is -4.78. The molecular formula is C19H10F6INO2. The van der Waals surface area contributed by atoms with Crippen molar-refractivity contribution in [1.82, 2.24) is 4.98 Å². The van der Waals surface area contributed by atoms with Crippen LogP contribution in [0.4, 0.5) is 26.3 Å². The summed E-state index contributed by atoms with van der Waals surface area (Å²) >= 11 is 2.05. The standard InChI is InChI=1S/C19H10F6INO2/c20-18(21,22)28-13-5-1-11(2-6-13)15-9-27-10-16(17(15)26)12-3-7-14(8-4-12)29-19(23,24)25/h1-10H. The van der Waals surface area contributed by atoms with Gasteiger partial charge in [0.2, 0.25) is 0 Å². The summed E-state index contributed by atoms with van der Waals surface area (Å²) in [5, 5.41) is 0. The monoisotopic (exact) mass is 525 g/mol. The number of nitrogens with zero attached hydrogens (tertiary/aromatic N) is 1. The van der Waals surface area contributed by atoms with Crippen LogP contribution in [-0.2, 0) is 0 Å². The molecule has 1 aromatic heterocycles. The number of aromatic nitrogens is 1. The molecule has 0 aliphatic rings. The highest BCUT2D eigenvalue weighted by molar-refractivity contribution is 14.1. The van der Waals surface area contributed by atoms with Gasteiger partial charge in [-0.2, -0.15) is 0 Å². The number of pyridine rings is 1. The van der Waals surface area contributed by atoms with Crippen LogP contribution in [-0.4, -0.2) is 17.7 Å². The van der Waals surface area contributed by atoms with E-state index in [1.165, 1.54) is 48.5 Å². The third-order valence-corrected chi connectivity index (χ3v) is 4.84. The van der Waals surface area contributed by atoms with Crippen LogP contribution in [0.2, 0.25) is 0 Å². The molecule has 152 valence electrons. The van der Waals surface area contributed by atoms with E-state index in [9.17, 15) is 26.3 Å². The largest absolute Gasteiger partial charge is 0.573 e. The first-order valence-corrected chi connectivity index (χ1v) is 8.95. The van der Waals surface area contributed by atoms with Crippen molar-refractivity contribution in [1.29, 1.82) is 0 Å². The minimum absolute atomic E-state index is 0.347. The molecule has 0 unspecified atom stereocenters. The van der Waals surface area contributed by atoms with Crippen LogP contribution in [0, 0.1) is 3.57 Å². The van der Waals surface area contributed by atoms with Gasteiger partial charge in [0.05, 0.1) is 0 Å². The van der Waals surface area contributed by atoms with Crippen molar-refractivity contribution in [2.75, 3.05) is 0 Å². The number of hydrogen-bond acceptors (Lipinski definition) is 3. The molecular weight excluding hydrogens is 515 g/mol. The SMILES string of the molecule is FC(F)(F)Oc1ccc(-c2cncc(-c3ccc(OC(F)(F)F)cc3)c2I)cc1. The van der Waals surface area contributed by atoms with Gasteiger partial charge < -0.3 is 9.47 Å². The van der Waals surface area contributed by atoms with Crippen molar-refractivity contribution >= 4 is 22.6 Å². The van der Waals surface area contributed by atoms with Crippen LogP contribution >= 0.6 is 22.6 Å². The quantitative estimate of drug-likeness (QED) is 0.277. The van der Waals surface area contributed by atoms with Crippen molar-refractivity contribution in [3.05, 3.63) is 64.5 Å². The normalized spacial score (nSPS) is 12.0. The molecule has 0 N–H and O–H groups in total. The molecule has 3 aromatic rings. The molecule has 0 saturated heterocycles. The number of ether oxygens (including phenoxy) is 2. The van der Waals surface area contributed by atoms with Gasteiger partial charge in [0.15, 0.2) is 0 Å². The molecule has 0 bridgehead atoms. The minimum Gasteiger partial charge on any atom is -0.406 e. The van der Waals surface area contributed by atoms with Crippen LogP contribution in [0.25, 0.3) is 22.3 Å². The van der Waals surface area contributed by atoms with Gasteiger partial charge in [-0.3, -0.25) is 4.98 Å². The fourth-order valence-corrected chi connectivity index (χ4v) is 3.42. The first-order chi connectivity index (χ1) is 13.5. The van der Waals surface area contributed by atoms with E-state index in [0.29, 0.717) is 22.3 Å². The zero-order valence-corrected chi connectivity index (χ0v) is 16.3. The van der Waals surface area contributed by atoms with Crippen LogP contribution in [0.1, 0.15) is 0 Å². The van der Waals surface area contributed by atoms with Crippen LogP contribution < -0.4 is 9.47 Å². The maximum absolute atomic E-state index is 12.3. The number of benzene rings is 2. The van der Waals surface area contributed by atoms with Crippen molar-refractivity contribution in [2.45, 2.75) is 12.7 Å². The first kappa shape index (κ1) is 21.2. The van der Waals surface area contributed by atoms with Gasteiger partial charge in [-0.05, 0) is 58.0 Å². The smallest absolute Gasteiger partial charge is 0.406 e. The topological polar surface area (TPSA) is 31.4 Å². The highest BCUT2D eigenvalue weighted by Crippen LogP contribution is 2.35. The summed E-state index contributed by atoms with van der Waals surface area (Å²) in [7, 11) is 0. The van der Waals surface area contributed by atoms with E-state index >= 15 is 0 Å². The third-order valence-electron chi connectivity index (χ3n) is 3.68. The highest BCUT2D eigenvalue weighted by Gasteiger charge is 2.31. The van der Waals surface area contributed by atoms with E-state index in [1.807, 2.05) is 22.6 Å². The Bertz CT molecular complexity index is 908.